The largest absolute Gasteiger partial charge is 0.433 e. The van der Waals surface area contributed by atoms with Crippen molar-refractivity contribution in [2.45, 2.75) is 45.2 Å². The van der Waals surface area contributed by atoms with Gasteiger partial charge in [-0.15, -0.1) is 0 Å². The summed E-state index contributed by atoms with van der Waals surface area (Å²) in [5.41, 5.74) is -0.213. The number of alkyl halides is 3. The fraction of sp³-hybridized carbons (Fsp3) is 0.615. The van der Waals surface area contributed by atoms with E-state index < -0.39 is 11.9 Å². The molecule has 1 aromatic rings. The molecule has 0 unspecified atom stereocenters. The topological polar surface area (TPSA) is 24.9 Å². The standard InChI is InChI=1S/C13H19F3N2/c1-2-3-4-5-6-9-17-11-7-8-12(18-10-11)13(14,15)16/h7-8,10,17H,2-6,9H2,1H3. The molecule has 0 bridgehead atoms. The zero-order valence-electron chi connectivity index (χ0n) is 10.6. The highest BCUT2D eigenvalue weighted by Gasteiger charge is 2.31. The van der Waals surface area contributed by atoms with Gasteiger partial charge in [0.15, 0.2) is 0 Å². The normalized spacial score (nSPS) is 11.6. The first kappa shape index (κ1) is 14.8. The molecule has 0 aliphatic heterocycles. The monoisotopic (exact) mass is 260 g/mol. The summed E-state index contributed by atoms with van der Waals surface area (Å²) in [5, 5.41) is 3.07. The lowest BCUT2D eigenvalue weighted by Gasteiger charge is -2.08. The van der Waals surface area contributed by atoms with Gasteiger partial charge in [0.05, 0.1) is 11.9 Å². The van der Waals surface area contributed by atoms with E-state index in [9.17, 15) is 13.2 Å². The van der Waals surface area contributed by atoms with Gasteiger partial charge in [0.25, 0.3) is 0 Å². The first-order valence-corrected chi connectivity index (χ1v) is 6.31. The minimum atomic E-state index is -4.36. The Morgan fingerprint density at radius 2 is 1.83 bits per heavy atom. The molecule has 5 heteroatoms. The fourth-order valence-electron chi connectivity index (χ4n) is 1.63. The van der Waals surface area contributed by atoms with Crippen LogP contribution in [0.3, 0.4) is 0 Å². The summed E-state index contributed by atoms with van der Waals surface area (Å²) >= 11 is 0. The van der Waals surface area contributed by atoms with Gasteiger partial charge in [0.1, 0.15) is 5.69 Å². The van der Waals surface area contributed by atoms with E-state index in [2.05, 4.69) is 17.2 Å². The van der Waals surface area contributed by atoms with Crippen molar-refractivity contribution in [1.29, 1.82) is 0 Å². The number of rotatable bonds is 7. The molecule has 0 atom stereocenters. The number of aromatic nitrogens is 1. The summed E-state index contributed by atoms with van der Waals surface area (Å²) in [5.74, 6) is 0. The van der Waals surface area contributed by atoms with Crippen LogP contribution in [0, 0.1) is 0 Å². The Morgan fingerprint density at radius 1 is 1.11 bits per heavy atom. The predicted molar refractivity (Wildman–Crippen MR) is 66.5 cm³/mol. The summed E-state index contributed by atoms with van der Waals surface area (Å²) in [6, 6.07) is 2.42. The van der Waals surface area contributed by atoms with Crippen molar-refractivity contribution < 1.29 is 13.2 Å². The van der Waals surface area contributed by atoms with Crippen LogP contribution in [-0.4, -0.2) is 11.5 Å². The van der Waals surface area contributed by atoms with Gasteiger partial charge >= 0.3 is 6.18 Å². The van der Waals surface area contributed by atoms with Gasteiger partial charge in [-0.25, -0.2) is 4.98 Å². The van der Waals surface area contributed by atoms with E-state index in [1.165, 1.54) is 31.5 Å². The number of nitrogens with one attached hydrogen (secondary N) is 1. The number of pyridine rings is 1. The third kappa shape index (κ3) is 5.38. The second-order valence-corrected chi connectivity index (χ2v) is 4.27. The molecule has 0 aliphatic carbocycles. The first-order valence-electron chi connectivity index (χ1n) is 6.31. The van der Waals surface area contributed by atoms with Gasteiger partial charge in [-0.1, -0.05) is 32.6 Å². The minimum Gasteiger partial charge on any atom is -0.384 e. The van der Waals surface area contributed by atoms with Crippen LogP contribution in [0.2, 0.25) is 0 Å². The maximum atomic E-state index is 12.3. The Bertz CT molecular complexity index is 333. The van der Waals surface area contributed by atoms with Gasteiger partial charge in [-0.3, -0.25) is 0 Å². The molecule has 102 valence electrons. The van der Waals surface area contributed by atoms with Crippen LogP contribution < -0.4 is 5.32 Å². The highest BCUT2D eigenvalue weighted by atomic mass is 19.4. The van der Waals surface area contributed by atoms with E-state index in [4.69, 9.17) is 0 Å². The molecule has 1 heterocycles. The van der Waals surface area contributed by atoms with E-state index >= 15 is 0 Å². The average Bonchev–Trinajstić information content (AvgIpc) is 2.33. The average molecular weight is 260 g/mol. The molecule has 1 aromatic heterocycles. The summed E-state index contributed by atoms with van der Waals surface area (Å²) in [4.78, 5) is 3.39. The quantitative estimate of drug-likeness (QED) is 0.731. The van der Waals surface area contributed by atoms with Crippen molar-refractivity contribution in [2.24, 2.45) is 0 Å². The third-order valence-corrected chi connectivity index (χ3v) is 2.66. The Morgan fingerprint density at radius 3 is 2.39 bits per heavy atom. The summed E-state index contributed by atoms with van der Waals surface area (Å²) in [6.07, 6.45) is 2.70. The van der Waals surface area contributed by atoms with Gasteiger partial charge in [-0.05, 0) is 18.6 Å². The molecule has 0 saturated heterocycles. The van der Waals surface area contributed by atoms with Crippen molar-refractivity contribution in [2.75, 3.05) is 11.9 Å². The van der Waals surface area contributed by atoms with Crippen LogP contribution in [-0.2, 0) is 6.18 Å². The van der Waals surface area contributed by atoms with Crippen LogP contribution in [0.4, 0.5) is 18.9 Å². The number of hydrogen-bond donors (Lipinski definition) is 1. The van der Waals surface area contributed by atoms with Gasteiger partial charge in [-0.2, -0.15) is 13.2 Å². The molecule has 0 spiro atoms. The lowest BCUT2D eigenvalue weighted by atomic mass is 10.1. The van der Waals surface area contributed by atoms with Gasteiger partial charge < -0.3 is 5.32 Å². The van der Waals surface area contributed by atoms with E-state index in [0.29, 0.717) is 5.69 Å². The van der Waals surface area contributed by atoms with Crippen LogP contribution in [0.15, 0.2) is 18.3 Å². The summed E-state index contributed by atoms with van der Waals surface area (Å²) < 4.78 is 36.8. The van der Waals surface area contributed by atoms with E-state index in [1.54, 1.807) is 0 Å². The van der Waals surface area contributed by atoms with Gasteiger partial charge in [0, 0.05) is 6.54 Å². The Kier molecular flexibility index (Phi) is 5.95. The van der Waals surface area contributed by atoms with Gasteiger partial charge in [0.2, 0.25) is 0 Å². The molecule has 0 radical (unpaired) electrons. The second kappa shape index (κ2) is 7.24. The molecule has 0 saturated carbocycles. The molecule has 0 fully saturated rings. The predicted octanol–water partition coefficient (Wildman–Crippen LogP) is 4.48. The van der Waals surface area contributed by atoms with Crippen molar-refractivity contribution >= 4 is 5.69 Å². The fourth-order valence-corrected chi connectivity index (χ4v) is 1.63. The van der Waals surface area contributed by atoms with Crippen molar-refractivity contribution in [3.05, 3.63) is 24.0 Å². The zero-order valence-corrected chi connectivity index (χ0v) is 10.6. The molecule has 1 rings (SSSR count). The number of halogens is 3. The maximum absolute atomic E-state index is 12.3. The lowest BCUT2D eigenvalue weighted by molar-refractivity contribution is -0.141. The highest BCUT2D eigenvalue weighted by molar-refractivity contribution is 5.41. The SMILES string of the molecule is CCCCCCCNc1ccc(C(F)(F)F)nc1. The first-order chi connectivity index (χ1) is 8.54. The molecule has 0 amide bonds. The maximum Gasteiger partial charge on any atom is 0.433 e. The number of unbranched alkanes of at least 4 members (excludes halogenated alkanes) is 4. The van der Waals surface area contributed by atoms with E-state index in [0.717, 1.165) is 25.5 Å². The lowest BCUT2D eigenvalue weighted by Crippen LogP contribution is -2.08. The molecular weight excluding hydrogens is 241 g/mol. The van der Waals surface area contributed by atoms with Crippen LogP contribution in [0.5, 0.6) is 0 Å². The summed E-state index contributed by atoms with van der Waals surface area (Å²) in [6.45, 7) is 2.93. The van der Waals surface area contributed by atoms with Crippen LogP contribution in [0.1, 0.15) is 44.7 Å². The zero-order chi connectivity index (χ0) is 13.4. The number of hydrogen-bond acceptors (Lipinski definition) is 2. The molecular formula is C13H19F3N2. The Balaban J connectivity index is 2.27. The van der Waals surface area contributed by atoms with E-state index in [-0.39, 0.29) is 0 Å². The third-order valence-electron chi connectivity index (χ3n) is 2.66. The van der Waals surface area contributed by atoms with E-state index in [1.807, 2.05) is 0 Å². The summed E-state index contributed by atoms with van der Waals surface area (Å²) in [7, 11) is 0. The number of nitrogens with zero attached hydrogens (tertiary/aromatic N) is 1. The minimum absolute atomic E-state index is 0.637. The second-order valence-electron chi connectivity index (χ2n) is 4.27. The van der Waals surface area contributed by atoms with Crippen LogP contribution >= 0.6 is 0 Å². The number of anilines is 1. The van der Waals surface area contributed by atoms with Crippen molar-refractivity contribution in [3.8, 4) is 0 Å². The molecule has 18 heavy (non-hydrogen) atoms. The Hall–Kier alpha value is -1.26. The highest BCUT2D eigenvalue weighted by Crippen LogP contribution is 2.27. The smallest absolute Gasteiger partial charge is 0.384 e. The molecule has 2 nitrogen and oxygen atoms in total. The molecule has 0 aliphatic rings. The molecule has 1 N–H and O–H groups in total. The molecule has 0 aromatic carbocycles. The van der Waals surface area contributed by atoms with Crippen LogP contribution in [0.25, 0.3) is 0 Å². The Labute approximate surface area is 106 Å². The van der Waals surface area contributed by atoms with Crippen molar-refractivity contribution in [1.82, 2.24) is 4.98 Å². The van der Waals surface area contributed by atoms with Crippen molar-refractivity contribution in [3.63, 3.8) is 0 Å².